The minimum absolute atomic E-state index is 0.0311. The first kappa shape index (κ1) is 90.7. The molecule has 0 spiro atoms. The Morgan fingerprint density at radius 3 is 1.09 bits per heavy atom. The zero-order chi connectivity index (χ0) is 87.4. The maximum absolute atomic E-state index is 14.4. The van der Waals surface area contributed by atoms with Crippen LogP contribution in [0.2, 0.25) is 0 Å². The Balaban J connectivity index is 0.000000230. The molecule has 0 aliphatic rings. The van der Waals surface area contributed by atoms with Crippen LogP contribution < -0.4 is 38.5 Å². The predicted molar refractivity (Wildman–Crippen MR) is 415 cm³/mol. The largest absolute Gasteiger partial charge is 0.478 e. The molecular formula is C81H65F10N15O10S. The molecule has 36 heteroatoms. The summed E-state index contributed by atoms with van der Waals surface area (Å²) < 4.78 is 132. The Labute approximate surface area is 663 Å². The van der Waals surface area contributed by atoms with Crippen molar-refractivity contribution in [1.82, 2.24) is 9.97 Å². The van der Waals surface area contributed by atoms with Gasteiger partial charge in [0.05, 0.1) is 106 Å². The fraction of sp³-hybridized carbons (Fsp3) is 0.148. The van der Waals surface area contributed by atoms with Gasteiger partial charge in [-0.2, -0.15) is 29.8 Å². The maximum atomic E-state index is 14.4. The number of amides is 4. The highest BCUT2D eigenvalue weighted by atomic mass is 32.1. The zero-order valence-corrected chi connectivity index (χ0v) is 63.3. The summed E-state index contributed by atoms with van der Waals surface area (Å²) in [5.41, 5.74) is 12.4. The number of carboxylic acid groups (broad SMARTS) is 1. The summed E-state index contributed by atoms with van der Waals surface area (Å²) in [6.45, 7) is 13.7. The van der Waals surface area contributed by atoms with Crippen LogP contribution in [0.3, 0.4) is 0 Å². The lowest BCUT2D eigenvalue weighted by Gasteiger charge is -2.17. The van der Waals surface area contributed by atoms with Gasteiger partial charge in [-0.05, 0) is 157 Å². The summed E-state index contributed by atoms with van der Waals surface area (Å²) in [4.78, 5) is 88.3. The molecule has 0 aliphatic carbocycles. The van der Waals surface area contributed by atoms with E-state index < -0.39 is 142 Å². The number of fused-ring (bicyclic) bond motifs is 1. The number of carboxylic acids is 1. The number of nitrogens with two attached hydrogens (primary N) is 3. The van der Waals surface area contributed by atoms with Crippen molar-refractivity contribution in [2.45, 2.75) is 77.0 Å². The monoisotopic (exact) mass is 1630 g/mol. The van der Waals surface area contributed by atoms with E-state index in [1.165, 1.54) is 67.0 Å². The van der Waals surface area contributed by atoms with E-state index in [4.69, 9.17) is 38.1 Å². The van der Waals surface area contributed by atoms with Gasteiger partial charge >= 0.3 is 17.3 Å². The lowest BCUT2D eigenvalue weighted by Crippen LogP contribution is -2.18. The number of hydrogen-bond donors (Lipinski definition) is 8. The standard InChI is InChI=1S/C24H17F2N5O2S.C17H13F2N3O3.C17H15F2N3O.C11H11NO2.C6H4F2N2O2.C6H5F2N/c1-24(2,12-27)14-5-3-4-13(8-14)21(32)30-17-10-18(16(26)9-15(17)25)31-22(33)20-11-19-23(34-20)29-7-6-28-19;1-17(2,9-20)11-5-3-4-10(6-11)16(23)21-14-8-15(22(24)25)13(19)7-12(14)18;1-17(2,9-20)11-5-3-4-10(6-11)16(23)22-15-8-14(21)12(18)7-13(15)19;1-11(2,7-12)9-5-3-4-8(6-9)10(13)14;7-3-1-4(8)6(10(11)12)2-5(3)9;7-4-1-2-6(9)5(8)3-4/h3-11H,1-2H3,(H,30,32)(H,31,33);3-8H,1-2H3,(H,21,23);3-8H,21H2,1-2H3,(H,22,23);3-6H,1-2H3,(H,13,14);1-2H,9H2;1-3H,9H2. The molecule has 117 heavy (non-hydrogen) atoms. The van der Waals surface area contributed by atoms with Crippen LogP contribution in [-0.4, -0.2) is 54.5 Å². The number of nitrogen functional groups attached to an aromatic ring is 3. The molecule has 0 fully saturated rings. The Bertz CT molecular complexity index is 5830. The van der Waals surface area contributed by atoms with Crippen molar-refractivity contribution < 1.29 is 82.8 Å². The number of nitro benzene ring substituents is 2. The summed E-state index contributed by atoms with van der Waals surface area (Å²) in [6.07, 6.45) is 2.98. The molecule has 0 aliphatic heterocycles. The number of anilines is 7. The molecule has 0 saturated carbocycles. The first-order valence-corrected chi connectivity index (χ1v) is 34.3. The van der Waals surface area contributed by atoms with Crippen LogP contribution in [0.5, 0.6) is 0 Å². The van der Waals surface area contributed by atoms with Gasteiger partial charge in [-0.15, -0.1) is 11.3 Å². The van der Waals surface area contributed by atoms with Crippen LogP contribution in [0.15, 0.2) is 182 Å². The third-order valence-electron chi connectivity index (χ3n) is 16.5. The molecule has 11 aromatic rings. The van der Waals surface area contributed by atoms with Crippen molar-refractivity contribution in [2.24, 2.45) is 0 Å². The summed E-state index contributed by atoms with van der Waals surface area (Å²) in [5, 5.41) is 75.4. The molecular weight excluding hydrogens is 1570 g/mol. The average Bonchev–Trinajstić information content (AvgIpc) is 1.57. The van der Waals surface area contributed by atoms with Crippen LogP contribution in [0.25, 0.3) is 10.3 Å². The van der Waals surface area contributed by atoms with Crippen LogP contribution in [0, 0.1) is 124 Å². The van der Waals surface area contributed by atoms with E-state index in [0.29, 0.717) is 63.4 Å². The number of aromatic carboxylic acids is 1. The quantitative estimate of drug-likeness (QED) is 0.0204. The average molecular weight is 1630 g/mol. The van der Waals surface area contributed by atoms with Gasteiger partial charge in [0.15, 0.2) is 0 Å². The van der Waals surface area contributed by atoms with Crippen LogP contribution >= 0.6 is 11.3 Å². The summed E-state index contributed by atoms with van der Waals surface area (Å²) in [6, 6.07) is 43.7. The number of hydrogen-bond acceptors (Lipinski definition) is 19. The molecule has 0 saturated heterocycles. The number of nitriles is 4. The van der Waals surface area contributed by atoms with E-state index in [0.717, 1.165) is 41.2 Å². The molecule has 2 heterocycles. The minimum Gasteiger partial charge on any atom is -0.478 e. The number of benzene rings is 9. The number of halogens is 10. The molecule has 0 unspecified atom stereocenters. The molecule has 9 aromatic carbocycles. The van der Waals surface area contributed by atoms with Crippen molar-refractivity contribution in [3.8, 4) is 24.3 Å². The van der Waals surface area contributed by atoms with Gasteiger partial charge in [-0.1, -0.05) is 48.5 Å². The van der Waals surface area contributed by atoms with E-state index in [2.05, 4.69) is 55.5 Å². The van der Waals surface area contributed by atoms with Gasteiger partial charge in [0.2, 0.25) is 11.6 Å². The van der Waals surface area contributed by atoms with Gasteiger partial charge in [-0.3, -0.25) is 44.4 Å². The van der Waals surface area contributed by atoms with Gasteiger partial charge in [-0.25, -0.2) is 44.9 Å². The van der Waals surface area contributed by atoms with Gasteiger partial charge in [0.1, 0.15) is 56.9 Å². The number of carbonyl (C=O) groups is 5. The van der Waals surface area contributed by atoms with E-state index in [1.807, 2.05) is 0 Å². The second-order valence-electron chi connectivity index (χ2n) is 26.7. The lowest BCUT2D eigenvalue weighted by molar-refractivity contribution is -0.387. The molecule has 11 rings (SSSR count). The third-order valence-corrected chi connectivity index (χ3v) is 17.5. The summed E-state index contributed by atoms with van der Waals surface area (Å²) in [5.74, 6) is -13.4. The van der Waals surface area contributed by atoms with E-state index in [1.54, 1.807) is 110 Å². The van der Waals surface area contributed by atoms with Crippen LogP contribution in [-0.2, 0) is 21.7 Å². The molecule has 0 bridgehead atoms. The minimum atomic E-state index is -1.33. The van der Waals surface area contributed by atoms with Crippen molar-refractivity contribution in [1.29, 1.82) is 21.0 Å². The van der Waals surface area contributed by atoms with Crippen LogP contribution in [0.4, 0.5) is 95.1 Å². The maximum Gasteiger partial charge on any atom is 0.335 e. The number of nitro groups is 2. The first-order valence-electron chi connectivity index (χ1n) is 33.5. The van der Waals surface area contributed by atoms with Crippen molar-refractivity contribution in [3.63, 3.8) is 0 Å². The molecule has 4 amide bonds. The Hall–Kier alpha value is -15.2. The SMILES string of the molecule is CC(C)(C#N)c1cccc(C(=O)Nc2cc(N)c(F)cc2F)c1.CC(C)(C#N)c1cccc(C(=O)Nc2cc(NC(=O)c3cc4nccnc4s3)c(F)cc2F)c1.CC(C)(C#N)c1cccc(C(=O)Nc2cc([N+](=O)[O-])c(F)cc2F)c1.CC(C)(C#N)c1cccc(C(=O)O)c1.Nc1cc([N+](=O)[O-])c(F)cc1F.Nc1ccc(F)cc1F. The summed E-state index contributed by atoms with van der Waals surface area (Å²) >= 11 is 1.08. The van der Waals surface area contributed by atoms with Gasteiger partial charge in [0.25, 0.3) is 23.6 Å². The molecule has 25 nitrogen and oxygen atoms in total. The highest BCUT2D eigenvalue weighted by Crippen LogP contribution is 2.33. The second-order valence-corrected chi connectivity index (χ2v) is 27.7. The second kappa shape index (κ2) is 38.8. The number of rotatable bonds is 15. The first-order chi connectivity index (χ1) is 54.8. The van der Waals surface area contributed by atoms with Crippen molar-refractivity contribution in [2.75, 3.05) is 38.5 Å². The molecule has 11 N–H and O–H groups in total. The van der Waals surface area contributed by atoms with E-state index in [-0.39, 0.29) is 55.6 Å². The van der Waals surface area contributed by atoms with Crippen molar-refractivity contribution in [3.05, 3.63) is 310 Å². The number of thiophene rings is 1. The Morgan fingerprint density at radius 1 is 0.393 bits per heavy atom. The number of nitrogens with zero attached hydrogens (tertiary/aromatic N) is 8. The number of carbonyl (C=O) groups excluding carboxylic acids is 4. The fourth-order valence-electron chi connectivity index (χ4n) is 9.47. The van der Waals surface area contributed by atoms with Crippen molar-refractivity contribution >= 4 is 102 Å². The van der Waals surface area contributed by atoms with Gasteiger partial charge < -0.3 is 43.6 Å². The lowest BCUT2D eigenvalue weighted by atomic mass is 9.85. The highest BCUT2D eigenvalue weighted by molar-refractivity contribution is 7.20. The van der Waals surface area contributed by atoms with E-state index >= 15 is 0 Å². The Morgan fingerprint density at radius 2 is 0.718 bits per heavy atom. The predicted octanol–water partition coefficient (Wildman–Crippen LogP) is 18.0. The number of nitrogens with one attached hydrogen (secondary N) is 4. The van der Waals surface area contributed by atoms with Crippen LogP contribution in [0.1, 0.15) is 129 Å². The number of aromatic nitrogens is 2. The smallest absolute Gasteiger partial charge is 0.335 e. The Kier molecular flexibility index (Phi) is 30.1. The zero-order valence-electron chi connectivity index (χ0n) is 62.4. The van der Waals surface area contributed by atoms with E-state index in [9.17, 15) is 93.4 Å². The molecule has 2 aromatic heterocycles. The van der Waals surface area contributed by atoms with Gasteiger partial charge in [0, 0.05) is 71.5 Å². The molecule has 600 valence electrons. The fourth-order valence-corrected chi connectivity index (χ4v) is 10.3. The highest BCUT2D eigenvalue weighted by Gasteiger charge is 2.28. The third kappa shape index (κ3) is 24.4. The topological polar surface area (TPSA) is 439 Å². The molecule has 0 radical (unpaired) electrons. The normalized spacial score (nSPS) is 10.7. The molecule has 0 atom stereocenters. The summed E-state index contributed by atoms with van der Waals surface area (Å²) in [7, 11) is 0.